The Morgan fingerprint density at radius 1 is 1.58 bits per heavy atom. The number of rotatable bonds is 4. The lowest BCUT2D eigenvalue weighted by molar-refractivity contribution is -0.387. The molecule has 1 rings (SSSR count). The van der Waals surface area contributed by atoms with Gasteiger partial charge in [-0.25, -0.2) is 4.39 Å². The summed E-state index contributed by atoms with van der Waals surface area (Å²) in [5.41, 5.74) is -1.98. The van der Waals surface area contributed by atoms with Gasteiger partial charge in [-0.3, -0.25) is 14.9 Å². The van der Waals surface area contributed by atoms with E-state index in [1.54, 1.807) is 6.92 Å². The van der Waals surface area contributed by atoms with Crippen molar-refractivity contribution in [1.29, 1.82) is 0 Å². The van der Waals surface area contributed by atoms with Crippen LogP contribution in [0.15, 0.2) is 12.1 Å². The predicted octanol–water partition coefficient (Wildman–Crippen LogP) is 2.01. The summed E-state index contributed by atoms with van der Waals surface area (Å²) in [4.78, 5) is 21.2. The Morgan fingerprint density at radius 2 is 2.21 bits per heavy atom. The number of amides is 1. The molecular weight excluding hydrogens is 258 g/mol. The lowest BCUT2D eigenvalue weighted by Gasteiger charge is -2.11. The zero-order valence-electron chi connectivity index (χ0n) is 9.94. The summed E-state index contributed by atoms with van der Waals surface area (Å²) < 4.78 is 27.1. The molecule has 0 aliphatic rings. The first-order chi connectivity index (χ1) is 8.92. The van der Waals surface area contributed by atoms with E-state index in [1.165, 1.54) is 0 Å². The summed E-state index contributed by atoms with van der Waals surface area (Å²) in [6.07, 6.45) is 5.46. The average Bonchev–Trinajstić information content (AvgIpc) is 2.35. The number of carbonyl (C=O) groups is 1. The summed E-state index contributed by atoms with van der Waals surface area (Å²) in [5, 5.41) is 12.7. The number of hydrogen-bond acceptors (Lipinski definition) is 3. The maximum absolute atomic E-state index is 13.7. The van der Waals surface area contributed by atoms with E-state index in [0.29, 0.717) is 18.6 Å². The van der Waals surface area contributed by atoms with Gasteiger partial charge in [0.25, 0.3) is 5.91 Å². The highest BCUT2D eigenvalue weighted by Gasteiger charge is 2.26. The molecule has 5 nitrogen and oxygen atoms in total. The Morgan fingerprint density at radius 3 is 2.68 bits per heavy atom. The molecule has 19 heavy (non-hydrogen) atoms. The van der Waals surface area contributed by atoms with Gasteiger partial charge in [0.1, 0.15) is 11.4 Å². The lowest BCUT2D eigenvalue weighted by Crippen LogP contribution is -2.34. The quantitative estimate of drug-likeness (QED) is 0.516. The molecule has 0 spiro atoms. The largest absolute Gasteiger partial charge is 0.338 e. The van der Waals surface area contributed by atoms with Crippen LogP contribution in [0, 0.1) is 34.1 Å². The summed E-state index contributed by atoms with van der Waals surface area (Å²) in [5.74, 6) is -1.61. The van der Waals surface area contributed by atoms with Crippen molar-refractivity contribution in [1.82, 2.24) is 5.32 Å². The van der Waals surface area contributed by atoms with E-state index in [-0.39, 0.29) is 0 Å². The zero-order valence-corrected chi connectivity index (χ0v) is 9.94. The first-order valence-corrected chi connectivity index (χ1v) is 5.31. The Labute approximate surface area is 107 Å². The van der Waals surface area contributed by atoms with Crippen LogP contribution < -0.4 is 5.32 Å². The topological polar surface area (TPSA) is 72.2 Å². The molecule has 0 radical (unpaired) electrons. The third-order valence-corrected chi connectivity index (χ3v) is 2.41. The molecule has 100 valence electrons. The maximum atomic E-state index is 13.7. The number of halogens is 2. The second kappa shape index (κ2) is 5.91. The normalized spacial score (nSPS) is 11.5. The summed E-state index contributed by atoms with van der Waals surface area (Å²) in [7, 11) is 0. The third-order valence-electron chi connectivity index (χ3n) is 2.41. The Hall–Kier alpha value is -2.49. The van der Waals surface area contributed by atoms with E-state index in [4.69, 9.17) is 6.42 Å². The molecule has 1 atom stereocenters. The van der Waals surface area contributed by atoms with Crippen LogP contribution in [0.1, 0.15) is 23.7 Å². The summed E-state index contributed by atoms with van der Waals surface area (Å²) in [6, 6.07) is 0.609. The number of terminal acetylenes is 1. The van der Waals surface area contributed by atoms with Gasteiger partial charge >= 0.3 is 5.69 Å². The van der Waals surface area contributed by atoms with Crippen molar-refractivity contribution in [3.8, 4) is 12.3 Å². The number of nitrogens with zero attached hydrogens (tertiary/aromatic N) is 1. The van der Waals surface area contributed by atoms with Crippen molar-refractivity contribution >= 4 is 11.6 Å². The van der Waals surface area contributed by atoms with Crippen LogP contribution >= 0.6 is 0 Å². The second-order valence-electron chi connectivity index (χ2n) is 3.61. The summed E-state index contributed by atoms with van der Waals surface area (Å²) in [6.45, 7) is 1.67. The molecule has 0 aliphatic heterocycles. The molecule has 0 saturated heterocycles. The highest BCUT2D eigenvalue weighted by Crippen LogP contribution is 2.23. The van der Waals surface area contributed by atoms with Gasteiger partial charge in [-0.05, 0) is 12.5 Å². The van der Waals surface area contributed by atoms with Crippen molar-refractivity contribution in [2.75, 3.05) is 0 Å². The fourth-order valence-electron chi connectivity index (χ4n) is 1.38. The first-order valence-electron chi connectivity index (χ1n) is 5.31. The number of nitro benzene ring substituents is 1. The fourth-order valence-corrected chi connectivity index (χ4v) is 1.38. The van der Waals surface area contributed by atoms with Crippen LogP contribution in [-0.4, -0.2) is 16.9 Å². The molecule has 1 aromatic rings. The van der Waals surface area contributed by atoms with Gasteiger partial charge in [0.2, 0.25) is 5.82 Å². The van der Waals surface area contributed by atoms with Crippen LogP contribution in [0.2, 0.25) is 0 Å². The number of carbonyl (C=O) groups excluding carboxylic acids is 1. The van der Waals surface area contributed by atoms with E-state index < -0.39 is 39.8 Å². The molecule has 1 unspecified atom stereocenters. The smallest absolute Gasteiger partial charge is 0.305 e. The summed E-state index contributed by atoms with van der Waals surface area (Å²) >= 11 is 0. The van der Waals surface area contributed by atoms with E-state index in [9.17, 15) is 23.7 Å². The van der Waals surface area contributed by atoms with Gasteiger partial charge in [0.05, 0.1) is 11.0 Å². The highest BCUT2D eigenvalue weighted by atomic mass is 19.1. The van der Waals surface area contributed by atoms with Gasteiger partial charge in [0.15, 0.2) is 0 Å². The Kier molecular flexibility index (Phi) is 4.53. The van der Waals surface area contributed by atoms with E-state index in [1.807, 2.05) is 0 Å². The molecule has 7 heteroatoms. The molecule has 0 aromatic heterocycles. The number of benzene rings is 1. The van der Waals surface area contributed by atoms with Gasteiger partial charge < -0.3 is 5.32 Å². The molecule has 0 heterocycles. The minimum absolute atomic E-state index is 0.362. The predicted molar refractivity (Wildman–Crippen MR) is 63.4 cm³/mol. The number of hydrogen-bond donors (Lipinski definition) is 1. The van der Waals surface area contributed by atoms with Crippen molar-refractivity contribution in [2.45, 2.75) is 19.4 Å². The minimum Gasteiger partial charge on any atom is -0.338 e. The molecule has 1 amide bonds. The Balaban J connectivity index is 3.20. The third kappa shape index (κ3) is 3.04. The van der Waals surface area contributed by atoms with E-state index >= 15 is 0 Å². The van der Waals surface area contributed by atoms with Gasteiger partial charge in [-0.2, -0.15) is 4.39 Å². The van der Waals surface area contributed by atoms with Crippen molar-refractivity contribution < 1.29 is 18.5 Å². The van der Waals surface area contributed by atoms with Crippen molar-refractivity contribution in [3.05, 3.63) is 39.4 Å². The van der Waals surface area contributed by atoms with Gasteiger partial charge in [0, 0.05) is 6.07 Å². The molecule has 0 aliphatic carbocycles. The van der Waals surface area contributed by atoms with Crippen LogP contribution in [0.5, 0.6) is 0 Å². The molecule has 0 saturated carbocycles. The van der Waals surface area contributed by atoms with Gasteiger partial charge in [-0.1, -0.05) is 12.8 Å². The van der Waals surface area contributed by atoms with Crippen LogP contribution in [0.4, 0.5) is 14.5 Å². The Bertz CT molecular complexity index is 567. The van der Waals surface area contributed by atoms with Crippen LogP contribution in [0.25, 0.3) is 0 Å². The number of nitrogens with one attached hydrogen (secondary N) is 1. The molecule has 0 bridgehead atoms. The van der Waals surface area contributed by atoms with E-state index in [2.05, 4.69) is 11.2 Å². The van der Waals surface area contributed by atoms with Crippen LogP contribution in [-0.2, 0) is 0 Å². The zero-order chi connectivity index (χ0) is 14.6. The van der Waals surface area contributed by atoms with Gasteiger partial charge in [-0.15, -0.1) is 6.42 Å². The maximum Gasteiger partial charge on any atom is 0.305 e. The molecule has 1 N–H and O–H groups in total. The minimum atomic E-state index is -1.52. The SMILES string of the molecule is C#CC(CC)NC(=O)c1c(F)ccc([N+](=O)[O-])c1F. The van der Waals surface area contributed by atoms with E-state index in [0.717, 1.165) is 0 Å². The second-order valence-corrected chi connectivity index (χ2v) is 3.61. The van der Waals surface area contributed by atoms with Crippen molar-refractivity contribution in [3.63, 3.8) is 0 Å². The lowest BCUT2D eigenvalue weighted by atomic mass is 10.1. The monoisotopic (exact) mass is 268 g/mol. The highest BCUT2D eigenvalue weighted by molar-refractivity contribution is 5.95. The average molecular weight is 268 g/mol. The van der Waals surface area contributed by atoms with Crippen molar-refractivity contribution in [2.24, 2.45) is 0 Å². The van der Waals surface area contributed by atoms with Crippen LogP contribution in [0.3, 0.4) is 0 Å². The molecular formula is C12H10F2N2O3. The number of nitro groups is 1. The first kappa shape index (κ1) is 14.6. The standard InChI is InChI=1S/C12H10F2N2O3/c1-3-7(4-2)15-12(17)10-8(13)5-6-9(11(10)14)16(18)19/h1,5-7H,4H2,2H3,(H,15,17). The fraction of sp³-hybridized carbons (Fsp3) is 0.250. The molecule has 0 fully saturated rings. The molecule has 1 aromatic carbocycles.